The summed E-state index contributed by atoms with van der Waals surface area (Å²) >= 11 is 1.43. The summed E-state index contributed by atoms with van der Waals surface area (Å²) in [6.45, 7) is 2.16. The van der Waals surface area contributed by atoms with Gasteiger partial charge in [0, 0.05) is 10.9 Å². The van der Waals surface area contributed by atoms with Crippen LogP contribution in [0.2, 0.25) is 0 Å². The van der Waals surface area contributed by atoms with Crippen molar-refractivity contribution in [2.75, 3.05) is 0 Å². The molecule has 0 unspecified atom stereocenters. The van der Waals surface area contributed by atoms with E-state index in [1.807, 2.05) is 6.92 Å². The summed E-state index contributed by atoms with van der Waals surface area (Å²) in [5.41, 5.74) is 2.46. The van der Waals surface area contributed by atoms with Crippen LogP contribution in [-0.2, 0) is 6.54 Å². The molecule has 1 aromatic carbocycles. The van der Waals surface area contributed by atoms with Gasteiger partial charge in [0.15, 0.2) is 0 Å². The number of rotatable bonds is 3. The van der Waals surface area contributed by atoms with Crippen LogP contribution in [0.3, 0.4) is 0 Å². The Morgan fingerprint density at radius 1 is 1.56 bits per heavy atom. The van der Waals surface area contributed by atoms with Crippen molar-refractivity contribution in [3.8, 4) is 5.75 Å². The molecule has 1 amide bonds. The van der Waals surface area contributed by atoms with Crippen LogP contribution in [0, 0.1) is 12.7 Å². The van der Waals surface area contributed by atoms with Crippen molar-refractivity contribution in [1.82, 2.24) is 10.3 Å². The fourth-order valence-electron chi connectivity index (χ4n) is 1.44. The van der Waals surface area contributed by atoms with Gasteiger partial charge >= 0.3 is 0 Å². The van der Waals surface area contributed by atoms with E-state index in [0.29, 0.717) is 6.54 Å². The van der Waals surface area contributed by atoms with Crippen molar-refractivity contribution >= 4 is 17.2 Å². The van der Waals surface area contributed by atoms with E-state index in [0.717, 1.165) is 16.6 Å². The topological polar surface area (TPSA) is 62.2 Å². The van der Waals surface area contributed by atoms with Gasteiger partial charge in [0.25, 0.3) is 5.91 Å². The second-order valence-corrected chi connectivity index (χ2v) is 4.65. The Kier molecular flexibility index (Phi) is 3.57. The maximum Gasteiger partial charge on any atom is 0.254 e. The first-order chi connectivity index (χ1) is 8.58. The molecular formula is C12H11FN2O2S. The van der Waals surface area contributed by atoms with Crippen molar-refractivity contribution in [3.63, 3.8) is 0 Å². The van der Waals surface area contributed by atoms with Crippen molar-refractivity contribution in [2.45, 2.75) is 13.5 Å². The molecule has 0 fully saturated rings. The molecule has 0 aliphatic rings. The highest BCUT2D eigenvalue weighted by molar-refractivity contribution is 7.09. The fourth-order valence-corrected chi connectivity index (χ4v) is 2.16. The summed E-state index contributed by atoms with van der Waals surface area (Å²) in [5, 5.41) is 11.7. The Balaban J connectivity index is 2.06. The van der Waals surface area contributed by atoms with E-state index in [-0.39, 0.29) is 11.3 Å². The average Bonchev–Trinajstić information content (AvgIpc) is 2.72. The maximum absolute atomic E-state index is 13.4. The number of phenolic OH excluding ortho intramolecular Hbond substituents is 1. The molecule has 1 aromatic heterocycles. The first kappa shape index (κ1) is 12.5. The molecule has 0 atom stereocenters. The Hall–Kier alpha value is -1.95. The minimum atomic E-state index is -0.742. The van der Waals surface area contributed by atoms with Gasteiger partial charge < -0.3 is 10.4 Å². The molecular weight excluding hydrogens is 255 g/mol. The zero-order valence-corrected chi connectivity index (χ0v) is 10.4. The van der Waals surface area contributed by atoms with Crippen molar-refractivity contribution in [1.29, 1.82) is 0 Å². The van der Waals surface area contributed by atoms with Gasteiger partial charge in [0.05, 0.1) is 23.3 Å². The van der Waals surface area contributed by atoms with E-state index >= 15 is 0 Å². The van der Waals surface area contributed by atoms with Gasteiger partial charge in [-0.1, -0.05) is 0 Å². The number of hydrogen-bond acceptors (Lipinski definition) is 4. The third-order valence-electron chi connectivity index (χ3n) is 2.45. The number of aryl methyl sites for hydroxylation is 1. The van der Waals surface area contributed by atoms with E-state index in [1.165, 1.54) is 23.5 Å². The highest BCUT2D eigenvalue weighted by Crippen LogP contribution is 2.16. The smallest absolute Gasteiger partial charge is 0.254 e. The van der Waals surface area contributed by atoms with Gasteiger partial charge in [-0.15, -0.1) is 11.3 Å². The number of benzene rings is 1. The first-order valence-electron chi connectivity index (χ1n) is 5.23. The number of nitrogens with one attached hydrogen (secondary N) is 1. The van der Waals surface area contributed by atoms with Crippen LogP contribution in [0.25, 0.3) is 0 Å². The number of aromatic hydroxyl groups is 1. The summed E-state index contributed by atoms with van der Waals surface area (Å²) in [6.07, 6.45) is 0. The van der Waals surface area contributed by atoms with E-state index in [2.05, 4.69) is 10.3 Å². The molecule has 0 saturated carbocycles. The van der Waals surface area contributed by atoms with E-state index in [9.17, 15) is 9.18 Å². The summed E-state index contributed by atoms with van der Waals surface area (Å²) in [6, 6.07) is 3.43. The number of hydrogen-bond donors (Lipinski definition) is 2. The van der Waals surface area contributed by atoms with E-state index in [4.69, 9.17) is 5.11 Å². The quantitative estimate of drug-likeness (QED) is 0.895. The average molecular weight is 266 g/mol. The highest BCUT2D eigenvalue weighted by atomic mass is 32.1. The number of thiazole rings is 1. The number of phenols is 1. The van der Waals surface area contributed by atoms with Crippen molar-refractivity contribution in [2.24, 2.45) is 0 Å². The molecule has 0 aliphatic heterocycles. The minimum absolute atomic E-state index is 0.0880. The number of aromatic nitrogens is 1. The Morgan fingerprint density at radius 2 is 2.33 bits per heavy atom. The third kappa shape index (κ3) is 2.65. The molecule has 1 heterocycles. The molecule has 4 nitrogen and oxygen atoms in total. The first-order valence-corrected chi connectivity index (χ1v) is 6.11. The number of carbonyl (C=O) groups excluding carboxylic acids is 1. The lowest BCUT2D eigenvalue weighted by atomic mass is 10.2. The molecule has 6 heteroatoms. The highest BCUT2D eigenvalue weighted by Gasteiger charge is 2.12. The lowest BCUT2D eigenvalue weighted by Gasteiger charge is -2.05. The zero-order chi connectivity index (χ0) is 13.1. The normalized spacial score (nSPS) is 10.3. The molecule has 2 N–H and O–H groups in total. The van der Waals surface area contributed by atoms with Gasteiger partial charge in [-0.05, 0) is 19.1 Å². The van der Waals surface area contributed by atoms with Gasteiger partial charge in [-0.2, -0.15) is 0 Å². The van der Waals surface area contributed by atoms with Crippen LogP contribution >= 0.6 is 11.3 Å². The third-order valence-corrected chi connectivity index (χ3v) is 3.39. The zero-order valence-electron chi connectivity index (χ0n) is 9.61. The lowest BCUT2D eigenvalue weighted by molar-refractivity contribution is 0.0947. The fraction of sp³-hybridized carbons (Fsp3) is 0.167. The molecule has 0 bridgehead atoms. The standard InChI is InChI=1S/C12H11FN2O2S/c1-7-11(18-6-15-7)5-14-12(17)9-3-2-8(16)4-10(9)13/h2-4,6,16H,5H2,1H3,(H,14,17). The molecule has 0 spiro atoms. The summed E-state index contributed by atoms with van der Waals surface area (Å²) in [7, 11) is 0. The van der Waals surface area contributed by atoms with Crippen LogP contribution in [0.15, 0.2) is 23.7 Å². The van der Waals surface area contributed by atoms with Gasteiger partial charge in [-0.3, -0.25) is 4.79 Å². The van der Waals surface area contributed by atoms with Crippen molar-refractivity contribution < 1.29 is 14.3 Å². The molecule has 0 aliphatic carbocycles. The Morgan fingerprint density at radius 3 is 2.94 bits per heavy atom. The maximum atomic E-state index is 13.4. The molecule has 0 radical (unpaired) electrons. The number of halogens is 1. The largest absolute Gasteiger partial charge is 0.508 e. The SMILES string of the molecule is Cc1ncsc1CNC(=O)c1ccc(O)cc1F. The molecule has 2 aromatic rings. The second-order valence-electron chi connectivity index (χ2n) is 3.71. The number of carbonyl (C=O) groups is 1. The van der Waals surface area contributed by atoms with Crippen LogP contribution < -0.4 is 5.32 Å². The van der Waals surface area contributed by atoms with Crippen LogP contribution in [0.1, 0.15) is 20.9 Å². The summed E-state index contributed by atoms with van der Waals surface area (Å²) in [5.74, 6) is -1.46. The van der Waals surface area contributed by atoms with E-state index in [1.54, 1.807) is 5.51 Å². The van der Waals surface area contributed by atoms with Crippen LogP contribution in [0.5, 0.6) is 5.75 Å². The monoisotopic (exact) mass is 266 g/mol. The van der Waals surface area contributed by atoms with Crippen LogP contribution in [0.4, 0.5) is 4.39 Å². The second kappa shape index (κ2) is 5.14. The Bertz CT molecular complexity index is 583. The summed E-state index contributed by atoms with van der Waals surface area (Å²) < 4.78 is 13.4. The van der Waals surface area contributed by atoms with E-state index < -0.39 is 11.7 Å². The minimum Gasteiger partial charge on any atom is -0.508 e. The number of nitrogens with zero attached hydrogens (tertiary/aromatic N) is 1. The molecule has 2 rings (SSSR count). The van der Waals surface area contributed by atoms with Crippen molar-refractivity contribution in [3.05, 3.63) is 45.7 Å². The number of amides is 1. The Labute approximate surface area is 107 Å². The predicted molar refractivity (Wildman–Crippen MR) is 66.1 cm³/mol. The predicted octanol–water partition coefficient (Wildman–Crippen LogP) is 2.23. The van der Waals surface area contributed by atoms with Crippen LogP contribution in [-0.4, -0.2) is 16.0 Å². The van der Waals surface area contributed by atoms with Gasteiger partial charge in [-0.25, -0.2) is 9.37 Å². The summed E-state index contributed by atoms with van der Waals surface area (Å²) in [4.78, 5) is 16.7. The molecule has 94 valence electrons. The van der Waals surface area contributed by atoms with Gasteiger partial charge in [0.1, 0.15) is 11.6 Å². The molecule has 18 heavy (non-hydrogen) atoms. The molecule has 0 saturated heterocycles. The van der Waals surface area contributed by atoms with Gasteiger partial charge in [0.2, 0.25) is 0 Å². The lowest BCUT2D eigenvalue weighted by Crippen LogP contribution is -2.23.